The molecule has 1 aliphatic heterocycles. The van der Waals surface area contributed by atoms with Crippen molar-refractivity contribution in [3.8, 4) is 0 Å². The molecule has 1 heterocycles. The number of amides is 1. The lowest BCUT2D eigenvalue weighted by atomic mass is 10.1. The van der Waals surface area contributed by atoms with Crippen LogP contribution in [0.4, 0.5) is 11.4 Å². The molecular formula is C23H30ClN3O3S. The van der Waals surface area contributed by atoms with Gasteiger partial charge in [-0.15, -0.1) is 0 Å². The molecule has 0 N–H and O–H groups in total. The summed E-state index contributed by atoms with van der Waals surface area (Å²) in [5, 5.41) is 0.685. The van der Waals surface area contributed by atoms with E-state index in [9.17, 15) is 13.2 Å². The van der Waals surface area contributed by atoms with E-state index < -0.39 is 16.1 Å². The van der Waals surface area contributed by atoms with Crippen molar-refractivity contribution < 1.29 is 13.2 Å². The van der Waals surface area contributed by atoms with Gasteiger partial charge in [-0.25, -0.2) is 8.42 Å². The summed E-state index contributed by atoms with van der Waals surface area (Å²) in [6.07, 6.45) is 1.14. The van der Waals surface area contributed by atoms with Crippen molar-refractivity contribution in [2.24, 2.45) is 0 Å². The van der Waals surface area contributed by atoms with Crippen LogP contribution in [-0.2, 0) is 14.8 Å². The van der Waals surface area contributed by atoms with Crippen molar-refractivity contribution in [2.45, 2.75) is 33.7 Å². The van der Waals surface area contributed by atoms with Gasteiger partial charge in [-0.3, -0.25) is 9.10 Å². The zero-order valence-electron chi connectivity index (χ0n) is 18.7. The Kier molecular flexibility index (Phi) is 6.86. The van der Waals surface area contributed by atoms with Crippen LogP contribution in [0.3, 0.4) is 0 Å². The topological polar surface area (TPSA) is 60.9 Å². The van der Waals surface area contributed by atoms with Crippen molar-refractivity contribution >= 4 is 38.9 Å². The average Bonchev–Trinajstić information content (AvgIpc) is 2.71. The van der Waals surface area contributed by atoms with Crippen LogP contribution in [-0.4, -0.2) is 57.7 Å². The number of piperazine rings is 1. The molecule has 0 bridgehead atoms. The summed E-state index contributed by atoms with van der Waals surface area (Å²) in [4.78, 5) is 17.2. The molecule has 0 radical (unpaired) electrons. The molecule has 8 heteroatoms. The molecular weight excluding hydrogens is 434 g/mol. The third kappa shape index (κ3) is 5.15. The largest absolute Gasteiger partial charge is 0.368 e. The molecule has 168 valence electrons. The zero-order valence-corrected chi connectivity index (χ0v) is 20.3. The van der Waals surface area contributed by atoms with Crippen LogP contribution in [0, 0.1) is 20.8 Å². The predicted molar refractivity (Wildman–Crippen MR) is 128 cm³/mol. The second kappa shape index (κ2) is 9.09. The first kappa shape index (κ1) is 23.4. The van der Waals surface area contributed by atoms with Crippen LogP contribution < -0.4 is 9.21 Å². The Morgan fingerprint density at radius 3 is 2.16 bits per heavy atom. The first-order valence-corrected chi connectivity index (χ1v) is 12.6. The molecule has 0 aromatic heterocycles. The summed E-state index contributed by atoms with van der Waals surface area (Å²) < 4.78 is 26.4. The van der Waals surface area contributed by atoms with Gasteiger partial charge < -0.3 is 9.80 Å². The van der Waals surface area contributed by atoms with Gasteiger partial charge in [-0.05, 0) is 68.7 Å². The number of benzene rings is 2. The number of hydrogen-bond donors (Lipinski definition) is 0. The van der Waals surface area contributed by atoms with E-state index in [0.717, 1.165) is 28.6 Å². The second-order valence-electron chi connectivity index (χ2n) is 8.25. The molecule has 3 rings (SSSR count). The third-order valence-corrected chi connectivity index (χ3v) is 7.39. The van der Waals surface area contributed by atoms with E-state index in [4.69, 9.17) is 11.6 Å². The standard InChI is InChI=1S/C23H30ClN3O3S/c1-16-7-9-21(14-18(16)3)27(31(5,29)30)19(4)23(28)26-12-10-25(11-13-26)22-15-20(24)8-6-17(22)2/h6-9,14-15,19H,10-13H2,1-5H3/t19-/m0/s1. The fourth-order valence-electron chi connectivity index (χ4n) is 4.02. The minimum atomic E-state index is -3.63. The highest BCUT2D eigenvalue weighted by molar-refractivity contribution is 7.92. The van der Waals surface area contributed by atoms with E-state index in [1.165, 1.54) is 4.31 Å². The highest BCUT2D eigenvalue weighted by Gasteiger charge is 2.33. The van der Waals surface area contributed by atoms with Crippen LogP contribution in [0.15, 0.2) is 36.4 Å². The fraction of sp³-hybridized carbons (Fsp3) is 0.435. The van der Waals surface area contributed by atoms with Gasteiger partial charge in [0.1, 0.15) is 6.04 Å². The van der Waals surface area contributed by atoms with E-state index >= 15 is 0 Å². The maximum Gasteiger partial charge on any atom is 0.246 e. The highest BCUT2D eigenvalue weighted by Crippen LogP contribution is 2.27. The van der Waals surface area contributed by atoms with Crippen molar-refractivity contribution in [1.29, 1.82) is 0 Å². The number of aryl methyl sites for hydroxylation is 3. The minimum absolute atomic E-state index is 0.189. The molecule has 0 aliphatic carbocycles. The van der Waals surface area contributed by atoms with E-state index in [0.29, 0.717) is 36.9 Å². The molecule has 1 aliphatic rings. The molecule has 6 nitrogen and oxygen atoms in total. The van der Waals surface area contributed by atoms with Gasteiger partial charge in [-0.2, -0.15) is 0 Å². The Labute approximate surface area is 190 Å². The van der Waals surface area contributed by atoms with Gasteiger partial charge in [0.25, 0.3) is 0 Å². The van der Waals surface area contributed by atoms with E-state index in [1.807, 2.05) is 51.1 Å². The van der Waals surface area contributed by atoms with Gasteiger partial charge in [0.05, 0.1) is 11.9 Å². The summed E-state index contributed by atoms with van der Waals surface area (Å²) in [6.45, 7) is 10.00. The van der Waals surface area contributed by atoms with Gasteiger partial charge in [0, 0.05) is 36.9 Å². The lowest BCUT2D eigenvalue weighted by Crippen LogP contribution is -2.55. The molecule has 31 heavy (non-hydrogen) atoms. The van der Waals surface area contributed by atoms with Crippen LogP contribution in [0.2, 0.25) is 5.02 Å². The predicted octanol–water partition coefficient (Wildman–Crippen LogP) is 3.77. The SMILES string of the molecule is Cc1ccc(N([C@@H](C)C(=O)N2CCN(c3cc(Cl)ccc3C)CC2)S(C)(=O)=O)cc1C. The highest BCUT2D eigenvalue weighted by atomic mass is 35.5. The van der Waals surface area contributed by atoms with E-state index in [2.05, 4.69) is 4.90 Å². The zero-order chi connectivity index (χ0) is 22.9. The summed E-state index contributed by atoms with van der Waals surface area (Å²) in [5.74, 6) is -0.189. The van der Waals surface area contributed by atoms with Gasteiger partial charge >= 0.3 is 0 Å². The Hall–Kier alpha value is -2.25. The molecule has 0 unspecified atom stereocenters. The smallest absolute Gasteiger partial charge is 0.246 e. The van der Waals surface area contributed by atoms with Crippen molar-refractivity contribution in [1.82, 2.24) is 4.90 Å². The normalized spacial score (nSPS) is 15.7. The summed E-state index contributed by atoms with van der Waals surface area (Å²) in [7, 11) is -3.63. The molecule has 2 aromatic carbocycles. The number of carbonyl (C=O) groups is 1. The summed E-state index contributed by atoms with van der Waals surface area (Å²) >= 11 is 6.16. The molecule has 2 aromatic rings. The molecule has 1 saturated heterocycles. The number of hydrogen-bond acceptors (Lipinski definition) is 4. The quantitative estimate of drug-likeness (QED) is 0.677. The fourth-order valence-corrected chi connectivity index (χ4v) is 5.35. The Bertz CT molecular complexity index is 1080. The number of nitrogens with zero attached hydrogens (tertiary/aromatic N) is 3. The van der Waals surface area contributed by atoms with Crippen LogP contribution in [0.5, 0.6) is 0 Å². The summed E-state index contributed by atoms with van der Waals surface area (Å²) in [5.41, 5.74) is 4.77. The number of sulfonamides is 1. The molecule has 0 spiro atoms. The Morgan fingerprint density at radius 1 is 0.968 bits per heavy atom. The Balaban J connectivity index is 1.77. The van der Waals surface area contributed by atoms with Gasteiger partial charge in [0.15, 0.2) is 0 Å². The van der Waals surface area contributed by atoms with Crippen molar-refractivity contribution in [2.75, 3.05) is 41.6 Å². The monoisotopic (exact) mass is 463 g/mol. The second-order valence-corrected chi connectivity index (χ2v) is 10.5. The van der Waals surface area contributed by atoms with Crippen molar-refractivity contribution in [3.63, 3.8) is 0 Å². The first-order valence-electron chi connectivity index (χ1n) is 10.4. The molecule has 1 fully saturated rings. The number of anilines is 2. The van der Waals surface area contributed by atoms with Crippen LogP contribution >= 0.6 is 11.6 Å². The molecule has 1 amide bonds. The van der Waals surface area contributed by atoms with Crippen LogP contribution in [0.25, 0.3) is 0 Å². The average molecular weight is 464 g/mol. The van der Waals surface area contributed by atoms with E-state index in [-0.39, 0.29) is 5.91 Å². The Morgan fingerprint density at radius 2 is 1.58 bits per heavy atom. The number of carbonyl (C=O) groups excluding carboxylic acids is 1. The lowest BCUT2D eigenvalue weighted by molar-refractivity contribution is -0.132. The maximum atomic E-state index is 13.3. The van der Waals surface area contributed by atoms with Crippen molar-refractivity contribution in [3.05, 3.63) is 58.1 Å². The maximum absolute atomic E-state index is 13.3. The third-order valence-electron chi connectivity index (χ3n) is 5.91. The van der Waals surface area contributed by atoms with Gasteiger partial charge in [-0.1, -0.05) is 23.7 Å². The minimum Gasteiger partial charge on any atom is -0.368 e. The lowest BCUT2D eigenvalue weighted by Gasteiger charge is -2.39. The summed E-state index contributed by atoms with van der Waals surface area (Å²) in [6, 6.07) is 10.4. The van der Waals surface area contributed by atoms with Gasteiger partial charge in [0.2, 0.25) is 15.9 Å². The number of rotatable bonds is 5. The molecule has 0 saturated carbocycles. The van der Waals surface area contributed by atoms with E-state index in [1.54, 1.807) is 17.9 Å². The van der Waals surface area contributed by atoms with Crippen LogP contribution in [0.1, 0.15) is 23.6 Å². The first-order chi connectivity index (χ1) is 14.5. The number of halogens is 1. The molecule has 1 atom stereocenters.